The lowest BCUT2D eigenvalue weighted by atomic mass is 9.78. The molecule has 2 aromatic heterocycles. The van der Waals surface area contributed by atoms with Crippen LogP contribution in [0.5, 0.6) is 5.75 Å². The number of carbonyl (C=O) groups excluding carboxylic acids is 1. The highest BCUT2D eigenvalue weighted by molar-refractivity contribution is 5.92. The minimum Gasteiger partial charge on any atom is -0.503 e. The van der Waals surface area contributed by atoms with Crippen LogP contribution in [-0.4, -0.2) is 25.8 Å². The highest BCUT2D eigenvalue weighted by Crippen LogP contribution is 2.44. The van der Waals surface area contributed by atoms with Crippen molar-refractivity contribution in [3.05, 3.63) is 92.5 Å². The van der Waals surface area contributed by atoms with Gasteiger partial charge in [0, 0.05) is 28.6 Å². The molecule has 3 N–H and O–H groups in total. The summed E-state index contributed by atoms with van der Waals surface area (Å²) in [7, 11) is 0. The zero-order chi connectivity index (χ0) is 27.9. The number of aryl methyl sites for hydroxylation is 2. The van der Waals surface area contributed by atoms with Gasteiger partial charge in [-0.2, -0.15) is 18.3 Å². The first-order chi connectivity index (χ1) is 18.5. The zero-order valence-electron chi connectivity index (χ0n) is 21.7. The van der Waals surface area contributed by atoms with Crippen molar-refractivity contribution in [2.24, 2.45) is 0 Å². The Balaban J connectivity index is 1.40. The third-order valence-corrected chi connectivity index (χ3v) is 7.82. The van der Waals surface area contributed by atoms with E-state index in [1.165, 1.54) is 10.7 Å². The number of nitrogens with zero attached hydrogens (tertiary/aromatic N) is 2. The molecule has 1 saturated carbocycles. The number of aromatic hydroxyl groups is 1. The molecule has 7 nitrogen and oxygen atoms in total. The maximum Gasteiger partial charge on any atom is 0.416 e. The van der Waals surface area contributed by atoms with Crippen LogP contribution in [0.3, 0.4) is 0 Å². The molecule has 1 aliphatic carbocycles. The fourth-order valence-corrected chi connectivity index (χ4v) is 5.56. The van der Waals surface area contributed by atoms with E-state index in [-0.39, 0.29) is 13.1 Å². The van der Waals surface area contributed by atoms with Crippen molar-refractivity contribution >= 4 is 16.8 Å². The van der Waals surface area contributed by atoms with E-state index in [4.69, 9.17) is 0 Å². The maximum absolute atomic E-state index is 13.4. The summed E-state index contributed by atoms with van der Waals surface area (Å²) in [6.07, 6.45) is -0.466. The third-order valence-electron chi connectivity index (χ3n) is 7.82. The third kappa shape index (κ3) is 5.15. The normalized spacial score (nSPS) is 15.1. The molecule has 0 radical (unpaired) electrons. The second-order valence-electron chi connectivity index (χ2n) is 10.4. The van der Waals surface area contributed by atoms with Crippen molar-refractivity contribution in [2.45, 2.75) is 64.2 Å². The Morgan fingerprint density at radius 1 is 1.15 bits per heavy atom. The molecule has 1 aliphatic rings. The number of hydrogen-bond donors (Lipinski definition) is 3. The summed E-state index contributed by atoms with van der Waals surface area (Å²) in [5.41, 5.74) is 1.71. The smallest absolute Gasteiger partial charge is 0.416 e. The fraction of sp³-hybridized carbons (Fsp3) is 0.345. The Kier molecular flexibility index (Phi) is 6.74. The van der Waals surface area contributed by atoms with Gasteiger partial charge in [-0.05, 0) is 61.6 Å². The molecule has 5 rings (SSSR count). The summed E-state index contributed by atoms with van der Waals surface area (Å²) in [4.78, 5) is 28.9. The summed E-state index contributed by atoms with van der Waals surface area (Å²) in [6, 6.07) is 11.0. The van der Waals surface area contributed by atoms with E-state index < -0.39 is 39.9 Å². The van der Waals surface area contributed by atoms with Gasteiger partial charge in [-0.15, -0.1) is 0 Å². The fourth-order valence-electron chi connectivity index (χ4n) is 5.56. The number of aromatic amines is 1. The largest absolute Gasteiger partial charge is 0.503 e. The van der Waals surface area contributed by atoms with Gasteiger partial charge < -0.3 is 15.4 Å². The Hall–Kier alpha value is -4.08. The minimum absolute atomic E-state index is 0.116. The van der Waals surface area contributed by atoms with Crippen LogP contribution in [0, 0.1) is 13.8 Å². The van der Waals surface area contributed by atoms with Gasteiger partial charge >= 0.3 is 6.18 Å². The summed E-state index contributed by atoms with van der Waals surface area (Å²) in [6.45, 7) is 4.25. The lowest BCUT2D eigenvalue weighted by molar-refractivity contribution is -0.137. The van der Waals surface area contributed by atoms with Crippen LogP contribution in [-0.2, 0) is 24.7 Å². The number of rotatable bonds is 6. The standard InChI is InChI=1S/C29H29F3N4O3/c1-17-18(2)34-23-9-8-19(12-22(17)23)14-33-27(39)25-26(38)24(37)15-36(35-25)16-28(10-3-4-11-28)20-6-5-7-21(13-20)29(30,31)32/h5-9,12-13,15,34,37H,3-4,10-11,14,16H2,1-2H3,(H,33,39). The molecule has 4 aromatic rings. The van der Waals surface area contributed by atoms with Gasteiger partial charge in [0.2, 0.25) is 0 Å². The quantitative estimate of drug-likeness (QED) is 0.302. The van der Waals surface area contributed by atoms with Crippen LogP contribution < -0.4 is 10.7 Å². The molecule has 0 unspecified atom stereocenters. The van der Waals surface area contributed by atoms with E-state index in [1.54, 1.807) is 6.07 Å². The number of benzene rings is 2. The number of aromatic nitrogens is 3. The predicted molar refractivity (Wildman–Crippen MR) is 141 cm³/mol. The van der Waals surface area contributed by atoms with Gasteiger partial charge in [-0.3, -0.25) is 14.3 Å². The number of H-pyrrole nitrogens is 1. The molecule has 2 heterocycles. The highest BCUT2D eigenvalue weighted by Gasteiger charge is 2.39. The summed E-state index contributed by atoms with van der Waals surface area (Å²) in [5, 5.41) is 18.3. The maximum atomic E-state index is 13.4. The van der Waals surface area contributed by atoms with Crippen LogP contribution in [0.15, 0.2) is 53.5 Å². The van der Waals surface area contributed by atoms with Crippen molar-refractivity contribution < 1.29 is 23.1 Å². The lowest BCUT2D eigenvalue weighted by Gasteiger charge is -2.31. The Morgan fingerprint density at radius 2 is 1.90 bits per heavy atom. The first-order valence-corrected chi connectivity index (χ1v) is 12.8. The summed E-state index contributed by atoms with van der Waals surface area (Å²) < 4.78 is 41.5. The van der Waals surface area contributed by atoms with Gasteiger partial charge in [0.15, 0.2) is 11.4 Å². The number of alkyl halides is 3. The second kappa shape index (κ2) is 9.91. The van der Waals surface area contributed by atoms with Crippen molar-refractivity contribution in [3.63, 3.8) is 0 Å². The molecule has 1 amide bonds. The van der Waals surface area contributed by atoms with E-state index in [0.29, 0.717) is 18.4 Å². The molecular formula is C29H29F3N4O3. The number of hydrogen-bond acceptors (Lipinski definition) is 4. The molecule has 0 atom stereocenters. The first kappa shape index (κ1) is 26.5. The van der Waals surface area contributed by atoms with E-state index in [2.05, 4.69) is 15.4 Å². The summed E-state index contributed by atoms with van der Waals surface area (Å²) in [5.74, 6) is -1.39. The number of nitrogens with one attached hydrogen (secondary N) is 2. The summed E-state index contributed by atoms with van der Waals surface area (Å²) >= 11 is 0. The lowest BCUT2D eigenvalue weighted by Crippen LogP contribution is -2.34. The van der Waals surface area contributed by atoms with Gasteiger partial charge in [0.05, 0.1) is 18.3 Å². The van der Waals surface area contributed by atoms with Crippen molar-refractivity contribution in [2.75, 3.05) is 0 Å². The van der Waals surface area contributed by atoms with Gasteiger partial charge in [-0.1, -0.05) is 37.1 Å². The molecule has 2 aromatic carbocycles. The van der Waals surface area contributed by atoms with E-state index in [9.17, 15) is 27.9 Å². The van der Waals surface area contributed by atoms with Crippen molar-refractivity contribution in [3.8, 4) is 5.75 Å². The number of carbonyl (C=O) groups is 1. The van der Waals surface area contributed by atoms with E-state index >= 15 is 0 Å². The second-order valence-corrected chi connectivity index (χ2v) is 10.4. The number of fused-ring (bicyclic) bond motifs is 1. The number of halogens is 3. The average Bonchev–Trinajstić information content (AvgIpc) is 3.49. The monoisotopic (exact) mass is 538 g/mol. The van der Waals surface area contributed by atoms with E-state index in [0.717, 1.165) is 58.9 Å². The van der Waals surface area contributed by atoms with Crippen LogP contribution in [0.4, 0.5) is 13.2 Å². The van der Waals surface area contributed by atoms with Crippen LogP contribution in [0.25, 0.3) is 10.9 Å². The van der Waals surface area contributed by atoms with E-state index in [1.807, 2.05) is 32.0 Å². The molecule has 204 valence electrons. The predicted octanol–water partition coefficient (Wildman–Crippen LogP) is 5.51. The first-order valence-electron chi connectivity index (χ1n) is 12.8. The van der Waals surface area contributed by atoms with Gasteiger partial charge in [0.25, 0.3) is 11.3 Å². The molecule has 1 fully saturated rings. The van der Waals surface area contributed by atoms with Gasteiger partial charge in [0.1, 0.15) is 0 Å². The Labute approximate surface area is 222 Å². The van der Waals surface area contributed by atoms with Crippen LogP contribution >= 0.6 is 0 Å². The average molecular weight is 539 g/mol. The van der Waals surface area contributed by atoms with Crippen molar-refractivity contribution in [1.82, 2.24) is 20.1 Å². The molecule has 0 bridgehead atoms. The molecule has 0 spiro atoms. The molecule has 0 saturated heterocycles. The molecule has 0 aliphatic heterocycles. The number of amides is 1. The van der Waals surface area contributed by atoms with Gasteiger partial charge in [-0.25, -0.2) is 0 Å². The SMILES string of the molecule is Cc1[nH]c2ccc(CNC(=O)c3nn(CC4(c5cccc(C(F)(F)F)c5)CCCC4)cc(O)c3=O)cc2c1C. The van der Waals surface area contributed by atoms with Crippen molar-refractivity contribution in [1.29, 1.82) is 0 Å². The Bertz CT molecular complexity index is 1610. The van der Waals surface area contributed by atoms with Crippen LogP contribution in [0.2, 0.25) is 0 Å². The highest BCUT2D eigenvalue weighted by atomic mass is 19.4. The molecule has 10 heteroatoms. The Morgan fingerprint density at radius 3 is 2.62 bits per heavy atom. The molecule has 39 heavy (non-hydrogen) atoms. The zero-order valence-corrected chi connectivity index (χ0v) is 21.7. The molecular weight excluding hydrogens is 509 g/mol. The van der Waals surface area contributed by atoms with Crippen LogP contribution in [0.1, 0.15) is 64.1 Å². The topological polar surface area (TPSA) is 100 Å². The minimum atomic E-state index is -4.47.